The summed E-state index contributed by atoms with van der Waals surface area (Å²) in [6.45, 7) is 0.137. The first kappa shape index (κ1) is 9.94. The van der Waals surface area contributed by atoms with Crippen LogP contribution in [-0.4, -0.2) is 11.7 Å². The molecular weight excluding hydrogens is 240 g/mol. The van der Waals surface area contributed by atoms with E-state index in [4.69, 9.17) is 5.11 Å². The molecule has 0 amide bonds. The first-order chi connectivity index (χ1) is 6.77. The van der Waals surface area contributed by atoms with Gasteiger partial charge < -0.3 is 5.11 Å². The lowest BCUT2D eigenvalue weighted by atomic mass is 9.96. The van der Waals surface area contributed by atoms with Crippen molar-refractivity contribution in [3.8, 4) is 0 Å². The van der Waals surface area contributed by atoms with Crippen LogP contribution in [0.5, 0.6) is 0 Å². The highest BCUT2D eigenvalue weighted by molar-refractivity contribution is 9.10. The highest BCUT2D eigenvalue weighted by atomic mass is 79.9. The number of allylic oxidation sites excluding steroid dienone is 1. The molecule has 1 N–H and O–H groups in total. The first-order valence-corrected chi connectivity index (χ1v) is 5.61. The van der Waals surface area contributed by atoms with Crippen LogP contribution in [-0.2, 0) is 5.41 Å². The smallest absolute Gasteiger partial charge is 0.0612 e. The van der Waals surface area contributed by atoms with Crippen LogP contribution in [0.2, 0.25) is 0 Å². The van der Waals surface area contributed by atoms with Crippen LogP contribution in [0.25, 0.3) is 0 Å². The van der Waals surface area contributed by atoms with E-state index < -0.39 is 0 Å². The minimum absolute atomic E-state index is 0.137. The number of halogens is 1. The van der Waals surface area contributed by atoms with E-state index in [9.17, 15) is 0 Å². The van der Waals surface area contributed by atoms with Crippen molar-refractivity contribution in [3.63, 3.8) is 0 Å². The second-order valence-electron chi connectivity index (χ2n) is 3.75. The van der Waals surface area contributed by atoms with Gasteiger partial charge in [-0.05, 0) is 30.5 Å². The Hall–Kier alpha value is -0.600. The van der Waals surface area contributed by atoms with Crippen LogP contribution in [0.3, 0.4) is 0 Å². The highest BCUT2D eigenvalue weighted by Crippen LogP contribution is 2.49. The Kier molecular flexibility index (Phi) is 2.75. The summed E-state index contributed by atoms with van der Waals surface area (Å²) in [5, 5.41) is 8.75. The van der Waals surface area contributed by atoms with Gasteiger partial charge in [-0.2, -0.15) is 0 Å². The zero-order valence-corrected chi connectivity index (χ0v) is 9.50. The third-order valence-electron chi connectivity index (χ3n) is 2.75. The van der Waals surface area contributed by atoms with Gasteiger partial charge in [0.25, 0.3) is 0 Å². The predicted octanol–water partition coefficient (Wildman–Crippen LogP) is 3.03. The van der Waals surface area contributed by atoms with Crippen LogP contribution in [0.15, 0.2) is 40.9 Å². The number of benzene rings is 1. The van der Waals surface area contributed by atoms with Crippen molar-refractivity contribution in [2.75, 3.05) is 6.61 Å². The molecule has 2 heteroatoms. The topological polar surface area (TPSA) is 20.2 Å². The van der Waals surface area contributed by atoms with Gasteiger partial charge in [-0.3, -0.25) is 0 Å². The van der Waals surface area contributed by atoms with E-state index in [-0.39, 0.29) is 12.0 Å². The van der Waals surface area contributed by atoms with Gasteiger partial charge in [0.05, 0.1) is 6.61 Å². The summed E-state index contributed by atoms with van der Waals surface area (Å²) in [7, 11) is 0. The Morgan fingerprint density at radius 3 is 2.43 bits per heavy atom. The van der Waals surface area contributed by atoms with E-state index in [1.54, 1.807) is 0 Å². The zero-order chi connectivity index (χ0) is 10.0. The van der Waals surface area contributed by atoms with Gasteiger partial charge in [-0.15, -0.1) is 0 Å². The van der Waals surface area contributed by atoms with Crippen LogP contribution in [0.1, 0.15) is 18.4 Å². The zero-order valence-electron chi connectivity index (χ0n) is 7.91. The summed E-state index contributed by atoms with van der Waals surface area (Å²) in [6.07, 6.45) is 6.38. The van der Waals surface area contributed by atoms with Crippen LogP contribution in [0.4, 0.5) is 0 Å². The number of aliphatic hydroxyl groups excluding tert-OH is 1. The van der Waals surface area contributed by atoms with E-state index in [1.165, 1.54) is 18.4 Å². The average Bonchev–Trinajstić information content (AvgIpc) is 2.97. The number of rotatable bonds is 3. The summed E-state index contributed by atoms with van der Waals surface area (Å²) < 4.78 is 1.11. The maximum Gasteiger partial charge on any atom is 0.0612 e. The molecular formula is C12H13BrO. The normalized spacial score (nSPS) is 18.7. The number of hydrogen-bond acceptors (Lipinski definition) is 1. The van der Waals surface area contributed by atoms with Crippen molar-refractivity contribution in [3.05, 3.63) is 46.5 Å². The van der Waals surface area contributed by atoms with E-state index in [0.717, 1.165) is 4.47 Å². The number of hydrogen-bond donors (Lipinski definition) is 1. The quantitative estimate of drug-likeness (QED) is 0.821. The van der Waals surface area contributed by atoms with Crippen molar-refractivity contribution in [2.45, 2.75) is 18.3 Å². The molecule has 1 aromatic carbocycles. The second-order valence-corrected chi connectivity index (χ2v) is 4.66. The molecule has 0 heterocycles. The standard InChI is InChI=1S/C12H13BrO/c13-11-4-2-10(3-5-11)12(7-8-12)6-1-9-14/h1-6,14H,7-9H2/b6-1+. The Morgan fingerprint density at radius 2 is 1.93 bits per heavy atom. The Labute approximate surface area is 92.6 Å². The van der Waals surface area contributed by atoms with Crippen molar-refractivity contribution in [2.24, 2.45) is 0 Å². The van der Waals surface area contributed by atoms with Crippen molar-refractivity contribution in [1.29, 1.82) is 0 Å². The molecule has 0 bridgehead atoms. The fourth-order valence-electron chi connectivity index (χ4n) is 1.75. The largest absolute Gasteiger partial charge is 0.392 e. The van der Waals surface area contributed by atoms with Crippen LogP contribution < -0.4 is 0 Å². The SMILES string of the molecule is OC/C=C/C1(c2ccc(Br)cc2)CC1. The lowest BCUT2D eigenvalue weighted by Crippen LogP contribution is -2.01. The molecule has 1 nitrogen and oxygen atoms in total. The molecule has 1 aliphatic rings. The van der Waals surface area contributed by atoms with Gasteiger partial charge in [0.2, 0.25) is 0 Å². The fraction of sp³-hybridized carbons (Fsp3) is 0.333. The molecule has 14 heavy (non-hydrogen) atoms. The van der Waals surface area contributed by atoms with Gasteiger partial charge in [0, 0.05) is 9.89 Å². The number of aliphatic hydroxyl groups is 1. The molecule has 0 unspecified atom stereocenters. The maximum atomic E-state index is 8.75. The molecule has 1 fully saturated rings. The summed E-state index contributed by atoms with van der Waals surface area (Å²) in [4.78, 5) is 0. The minimum atomic E-state index is 0.137. The van der Waals surface area contributed by atoms with Crippen molar-refractivity contribution < 1.29 is 5.11 Å². The van der Waals surface area contributed by atoms with E-state index in [2.05, 4.69) is 46.3 Å². The lowest BCUT2D eigenvalue weighted by Gasteiger charge is -2.10. The third-order valence-corrected chi connectivity index (χ3v) is 3.28. The van der Waals surface area contributed by atoms with Gasteiger partial charge in [-0.1, -0.05) is 40.2 Å². The van der Waals surface area contributed by atoms with Crippen molar-refractivity contribution in [1.82, 2.24) is 0 Å². The molecule has 0 aromatic heterocycles. The van der Waals surface area contributed by atoms with Crippen molar-refractivity contribution >= 4 is 15.9 Å². The molecule has 1 aliphatic carbocycles. The van der Waals surface area contributed by atoms with Gasteiger partial charge in [-0.25, -0.2) is 0 Å². The molecule has 2 rings (SSSR count). The highest BCUT2D eigenvalue weighted by Gasteiger charge is 2.41. The van der Waals surface area contributed by atoms with E-state index in [1.807, 2.05) is 6.08 Å². The van der Waals surface area contributed by atoms with Gasteiger partial charge in [0.1, 0.15) is 0 Å². The first-order valence-electron chi connectivity index (χ1n) is 4.81. The third kappa shape index (κ3) is 1.91. The van der Waals surface area contributed by atoms with E-state index >= 15 is 0 Å². The van der Waals surface area contributed by atoms with Crippen LogP contribution in [0, 0.1) is 0 Å². The molecule has 0 aliphatic heterocycles. The second kappa shape index (κ2) is 3.87. The summed E-state index contributed by atoms with van der Waals surface area (Å²) >= 11 is 3.43. The molecule has 0 saturated heterocycles. The minimum Gasteiger partial charge on any atom is -0.392 e. The van der Waals surface area contributed by atoms with Crippen LogP contribution >= 0.6 is 15.9 Å². The molecule has 1 saturated carbocycles. The average molecular weight is 253 g/mol. The molecule has 74 valence electrons. The van der Waals surface area contributed by atoms with E-state index in [0.29, 0.717) is 0 Å². The molecule has 0 spiro atoms. The lowest BCUT2D eigenvalue weighted by molar-refractivity contribution is 0.342. The Bertz CT molecular complexity index is 336. The van der Waals surface area contributed by atoms with Gasteiger partial charge in [0.15, 0.2) is 0 Å². The van der Waals surface area contributed by atoms with Gasteiger partial charge >= 0.3 is 0 Å². The Morgan fingerprint density at radius 1 is 1.29 bits per heavy atom. The predicted molar refractivity (Wildman–Crippen MR) is 61.3 cm³/mol. The monoisotopic (exact) mass is 252 g/mol. The summed E-state index contributed by atoms with van der Waals surface area (Å²) in [5.41, 5.74) is 1.58. The fourth-order valence-corrected chi connectivity index (χ4v) is 2.01. The summed E-state index contributed by atoms with van der Waals surface area (Å²) in [5.74, 6) is 0. The molecule has 0 atom stereocenters. The summed E-state index contributed by atoms with van der Waals surface area (Å²) in [6, 6.07) is 8.45. The molecule has 0 radical (unpaired) electrons. The Balaban J connectivity index is 2.22. The maximum absolute atomic E-state index is 8.75. The molecule has 1 aromatic rings.